The highest BCUT2D eigenvalue weighted by molar-refractivity contribution is 5.91. The van der Waals surface area contributed by atoms with E-state index in [2.05, 4.69) is 15.7 Å². The van der Waals surface area contributed by atoms with E-state index in [1.54, 1.807) is 18.3 Å². The van der Waals surface area contributed by atoms with Crippen molar-refractivity contribution in [2.24, 2.45) is 0 Å². The van der Waals surface area contributed by atoms with Crippen molar-refractivity contribution in [1.29, 1.82) is 0 Å². The zero-order valence-corrected chi connectivity index (χ0v) is 14.3. The van der Waals surface area contributed by atoms with Crippen molar-refractivity contribution in [3.8, 4) is 5.75 Å². The number of halogens is 1. The van der Waals surface area contributed by atoms with Crippen molar-refractivity contribution in [1.82, 2.24) is 15.1 Å². The number of nitrogens with zero attached hydrogens (tertiary/aromatic N) is 2. The lowest BCUT2D eigenvalue weighted by Gasteiger charge is -2.11. The minimum Gasteiger partial charge on any atom is -0.481 e. The molecule has 2 N–H and O–H groups in total. The van der Waals surface area contributed by atoms with Gasteiger partial charge in [0.1, 0.15) is 6.54 Å². The predicted molar refractivity (Wildman–Crippen MR) is 93.2 cm³/mol. The molecule has 3 rings (SSSR count). The van der Waals surface area contributed by atoms with E-state index in [0.717, 1.165) is 25.7 Å². The van der Waals surface area contributed by atoms with E-state index in [9.17, 15) is 14.0 Å². The first-order valence-corrected chi connectivity index (χ1v) is 8.59. The zero-order valence-electron chi connectivity index (χ0n) is 14.3. The van der Waals surface area contributed by atoms with Crippen LogP contribution in [0.25, 0.3) is 0 Å². The maximum Gasteiger partial charge on any atom is 0.262 e. The van der Waals surface area contributed by atoms with E-state index < -0.39 is 11.7 Å². The van der Waals surface area contributed by atoms with E-state index in [0.29, 0.717) is 5.69 Å². The summed E-state index contributed by atoms with van der Waals surface area (Å²) in [4.78, 5) is 23.9. The summed E-state index contributed by atoms with van der Waals surface area (Å²) in [5, 5.41) is 9.63. The molecule has 0 radical (unpaired) electrons. The predicted octanol–water partition coefficient (Wildman–Crippen LogP) is 2.10. The Kier molecular flexibility index (Phi) is 5.83. The average Bonchev–Trinajstić information content (AvgIpc) is 3.26. The number of para-hydroxylation sites is 1. The van der Waals surface area contributed by atoms with Crippen LogP contribution in [0.3, 0.4) is 0 Å². The summed E-state index contributed by atoms with van der Waals surface area (Å²) in [5.41, 5.74) is 0.445. The number of hydrogen-bond acceptors (Lipinski definition) is 4. The van der Waals surface area contributed by atoms with Crippen molar-refractivity contribution in [2.45, 2.75) is 38.3 Å². The van der Waals surface area contributed by atoms with Crippen molar-refractivity contribution in [3.05, 3.63) is 42.5 Å². The number of hydrogen-bond donors (Lipinski definition) is 2. The highest BCUT2D eigenvalue weighted by Crippen LogP contribution is 2.17. The monoisotopic (exact) mass is 360 g/mol. The molecule has 8 heteroatoms. The quantitative estimate of drug-likeness (QED) is 0.792. The molecule has 0 unspecified atom stereocenters. The molecule has 1 heterocycles. The topological polar surface area (TPSA) is 85.2 Å². The Balaban J connectivity index is 1.44. The molecule has 0 aliphatic heterocycles. The maximum absolute atomic E-state index is 13.4. The van der Waals surface area contributed by atoms with Crippen LogP contribution in [0.1, 0.15) is 25.7 Å². The van der Waals surface area contributed by atoms with Crippen LogP contribution in [0.4, 0.5) is 10.1 Å². The molecular formula is C18H21FN4O3. The Morgan fingerprint density at radius 2 is 2.00 bits per heavy atom. The lowest BCUT2D eigenvalue weighted by Crippen LogP contribution is -2.35. The van der Waals surface area contributed by atoms with Crippen LogP contribution < -0.4 is 15.4 Å². The lowest BCUT2D eigenvalue weighted by atomic mass is 10.2. The summed E-state index contributed by atoms with van der Waals surface area (Å²) in [5.74, 6) is -1.05. The highest BCUT2D eigenvalue weighted by Gasteiger charge is 2.17. The number of benzene rings is 1. The van der Waals surface area contributed by atoms with Crippen molar-refractivity contribution in [2.75, 3.05) is 11.9 Å². The van der Waals surface area contributed by atoms with Crippen LogP contribution in [-0.2, 0) is 16.1 Å². The Morgan fingerprint density at radius 3 is 2.77 bits per heavy atom. The number of carbonyl (C=O) groups excluding carboxylic acids is 2. The fourth-order valence-corrected chi connectivity index (χ4v) is 2.91. The van der Waals surface area contributed by atoms with Crippen LogP contribution in [0.5, 0.6) is 5.75 Å². The molecule has 0 saturated heterocycles. The van der Waals surface area contributed by atoms with Gasteiger partial charge in [-0.2, -0.15) is 5.10 Å². The zero-order chi connectivity index (χ0) is 18.4. The Bertz CT molecular complexity index is 771. The molecule has 0 bridgehead atoms. The fourth-order valence-electron chi connectivity index (χ4n) is 2.91. The first kappa shape index (κ1) is 17.9. The van der Waals surface area contributed by atoms with E-state index in [1.165, 1.54) is 23.0 Å². The molecule has 26 heavy (non-hydrogen) atoms. The second-order valence-electron chi connectivity index (χ2n) is 6.24. The number of ether oxygens (including phenoxy) is 1. The van der Waals surface area contributed by atoms with Gasteiger partial charge in [-0.1, -0.05) is 25.0 Å². The number of aromatic nitrogens is 2. The third-order valence-electron chi connectivity index (χ3n) is 4.14. The number of anilines is 1. The van der Waals surface area contributed by atoms with Crippen molar-refractivity contribution >= 4 is 17.5 Å². The second kappa shape index (κ2) is 8.46. The van der Waals surface area contributed by atoms with Crippen molar-refractivity contribution < 1.29 is 18.7 Å². The molecule has 138 valence electrons. The third-order valence-corrected chi connectivity index (χ3v) is 4.14. The first-order chi connectivity index (χ1) is 12.6. The van der Waals surface area contributed by atoms with Crippen LogP contribution >= 0.6 is 0 Å². The number of carbonyl (C=O) groups is 2. The normalized spacial score (nSPS) is 14.2. The van der Waals surface area contributed by atoms with Gasteiger partial charge in [-0.25, -0.2) is 4.39 Å². The molecule has 7 nitrogen and oxygen atoms in total. The third kappa shape index (κ3) is 5.05. The molecule has 0 spiro atoms. The molecule has 0 atom stereocenters. The molecule has 2 aromatic rings. The van der Waals surface area contributed by atoms with Crippen molar-refractivity contribution in [3.63, 3.8) is 0 Å². The summed E-state index contributed by atoms with van der Waals surface area (Å²) < 4.78 is 20.0. The molecule has 1 aromatic carbocycles. The Labute approximate surface area is 150 Å². The Morgan fingerprint density at radius 1 is 1.23 bits per heavy atom. The van der Waals surface area contributed by atoms with Crippen LogP contribution in [-0.4, -0.2) is 34.2 Å². The summed E-state index contributed by atoms with van der Waals surface area (Å²) >= 11 is 0. The molecule has 1 aliphatic rings. The van der Waals surface area contributed by atoms with E-state index in [-0.39, 0.29) is 30.9 Å². The van der Waals surface area contributed by atoms with Gasteiger partial charge in [0.05, 0.1) is 11.9 Å². The largest absolute Gasteiger partial charge is 0.481 e. The summed E-state index contributed by atoms with van der Waals surface area (Å²) in [6.07, 6.45) is 7.36. The molecular weight excluding hydrogens is 339 g/mol. The van der Waals surface area contributed by atoms with E-state index >= 15 is 0 Å². The lowest BCUT2D eigenvalue weighted by molar-refractivity contribution is -0.122. The molecule has 1 saturated carbocycles. The van der Waals surface area contributed by atoms with Gasteiger partial charge in [-0.15, -0.1) is 0 Å². The van der Waals surface area contributed by atoms with Crippen LogP contribution in [0.15, 0.2) is 36.7 Å². The Hall–Kier alpha value is -2.90. The summed E-state index contributed by atoms with van der Waals surface area (Å²) in [7, 11) is 0. The SMILES string of the molecule is O=C(COc1ccccc1F)Nc1cnn(CC(=O)NC2CCCC2)c1. The molecule has 1 aliphatic carbocycles. The van der Waals surface area contributed by atoms with Gasteiger partial charge in [0, 0.05) is 12.2 Å². The summed E-state index contributed by atoms with van der Waals surface area (Å²) in [6.45, 7) is -0.230. The number of nitrogens with one attached hydrogen (secondary N) is 2. The van der Waals surface area contributed by atoms with Gasteiger partial charge in [-0.3, -0.25) is 14.3 Å². The summed E-state index contributed by atoms with van der Waals surface area (Å²) in [6, 6.07) is 6.13. The molecule has 1 fully saturated rings. The number of amides is 2. The first-order valence-electron chi connectivity index (χ1n) is 8.59. The highest BCUT2D eigenvalue weighted by atomic mass is 19.1. The smallest absolute Gasteiger partial charge is 0.262 e. The van der Waals surface area contributed by atoms with Gasteiger partial charge < -0.3 is 15.4 Å². The number of rotatable bonds is 7. The van der Waals surface area contributed by atoms with Crippen LogP contribution in [0, 0.1) is 5.82 Å². The minimum absolute atomic E-state index is 0.0157. The van der Waals surface area contributed by atoms with E-state index in [1.807, 2.05) is 0 Å². The van der Waals surface area contributed by atoms with Gasteiger partial charge in [0.25, 0.3) is 5.91 Å². The van der Waals surface area contributed by atoms with Gasteiger partial charge in [0.15, 0.2) is 18.2 Å². The molecule has 2 amide bonds. The fraction of sp³-hybridized carbons (Fsp3) is 0.389. The minimum atomic E-state index is -0.526. The van der Waals surface area contributed by atoms with Crippen LogP contribution in [0.2, 0.25) is 0 Å². The average molecular weight is 360 g/mol. The second-order valence-corrected chi connectivity index (χ2v) is 6.24. The standard InChI is InChI=1S/C18H21FN4O3/c19-15-7-3-4-8-16(15)26-12-18(25)22-14-9-20-23(10-14)11-17(24)21-13-5-1-2-6-13/h3-4,7-10,13H,1-2,5-6,11-12H2,(H,21,24)(H,22,25). The van der Waals surface area contributed by atoms with Gasteiger partial charge in [-0.05, 0) is 25.0 Å². The van der Waals surface area contributed by atoms with Gasteiger partial charge in [0.2, 0.25) is 5.91 Å². The molecule has 1 aromatic heterocycles. The van der Waals surface area contributed by atoms with E-state index in [4.69, 9.17) is 4.74 Å². The maximum atomic E-state index is 13.4. The van der Waals surface area contributed by atoms with Gasteiger partial charge >= 0.3 is 0 Å².